The normalized spacial score (nSPS) is 11.1. The first kappa shape index (κ1) is 13.3. The summed E-state index contributed by atoms with van der Waals surface area (Å²) < 4.78 is 37.1. The van der Waals surface area contributed by atoms with Gasteiger partial charge in [-0.05, 0) is 11.1 Å². The maximum absolute atomic E-state index is 12.4. The zero-order valence-corrected chi connectivity index (χ0v) is 11.4. The van der Waals surface area contributed by atoms with E-state index in [0.29, 0.717) is 11.1 Å². The number of halogens is 3. The van der Waals surface area contributed by atoms with Crippen molar-refractivity contribution in [1.29, 1.82) is 0 Å². The molecule has 2 aliphatic rings. The van der Waals surface area contributed by atoms with E-state index in [9.17, 15) is 12.9 Å². The van der Waals surface area contributed by atoms with Gasteiger partial charge in [-0.2, -0.15) is 0 Å². The van der Waals surface area contributed by atoms with Crippen LogP contribution in [-0.4, -0.2) is 6.98 Å². The fourth-order valence-electron chi connectivity index (χ4n) is 1.43. The Morgan fingerprint density at radius 2 is 1.27 bits per heavy atom. The molecule has 2 aliphatic carbocycles. The van der Waals surface area contributed by atoms with Crippen LogP contribution in [-0.2, 0) is 0 Å². The van der Waals surface area contributed by atoms with E-state index in [-0.39, 0.29) is 51.4 Å². The first-order chi connectivity index (χ1) is 6.57. The van der Waals surface area contributed by atoms with E-state index in [4.69, 9.17) is 0 Å². The predicted molar refractivity (Wildman–Crippen MR) is 51.8 cm³/mol. The molecule has 0 atom stereocenters. The molecule has 0 unspecified atom stereocenters. The molecule has 0 nitrogen and oxygen atoms in total. The van der Waals surface area contributed by atoms with Crippen molar-refractivity contribution >= 4 is 12.4 Å². The first-order valence-corrected chi connectivity index (χ1v) is 4.26. The molecule has 2 rings (SSSR count). The molecule has 0 amide bonds. The van der Waals surface area contributed by atoms with Gasteiger partial charge >= 0.3 is 58.4 Å². The molecule has 0 aromatic heterocycles. The molecule has 15 heavy (non-hydrogen) atoms. The van der Waals surface area contributed by atoms with E-state index in [1.807, 2.05) is 0 Å². The molecule has 0 fully saturated rings. The molecule has 0 radical (unpaired) electrons. The van der Waals surface area contributed by atoms with Crippen molar-refractivity contribution in [2.24, 2.45) is 0 Å². The molecule has 0 aromatic carbocycles. The molecule has 0 heterocycles. The zero-order valence-electron chi connectivity index (χ0n) is 8.25. The van der Waals surface area contributed by atoms with Gasteiger partial charge in [-0.15, -0.1) is 5.46 Å². The van der Waals surface area contributed by atoms with E-state index < -0.39 is 12.4 Å². The van der Waals surface area contributed by atoms with Crippen LogP contribution in [0, 0.1) is 0 Å². The van der Waals surface area contributed by atoms with Gasteiger partial charge in [0.15, 0.2) is 0 Å². The Morgan fingerprint density at radius 1 is 0.800 bits per heavy atom. The summed E-state index contributed by atoms with van der Waals surface area (Å²) in [4.78, 5) is 0. The third kappa shape index (κ3) is 3.07. The molecule has 0 spiro atoms. The van der Waals surface area contributed by atoms with E-state index in [1.165, 1.54) is 12.1 Å². The Balaban J connectivity index is 0.00000112. The molecule has 0 aromatic rings. The van der Waals surface area contributed by atoms with Crippen molar-refractivity contribution < 1.29 is 64.3 Å². The zero-order chi connectivity index (χ0) is 10.2. The summed E-state index contributed by atoms with van der Waals surface area (Å²) in [5.41, 5.74) is 0.736. The quantitative estimate of drug-likeness (QED) is 0.602. The number of hydrogen-bond donors (Lipinski definition) is 0. The first-order valence-electron chi connectivity index (χ1n) is 4.26. The number of hydrogen-bond acceptors (Lipinski definition) is 0. The number of fused-ring (bicyclic) bond motifs is 1. The second-order valence-electron chi connectivity index (χ2n) is 3.18. The smallest absolute Gasteiger partial charge is 0.445 e. The van der Waals surface area contributed by atoms with Crippen LogP contribution in [0.5, 0.6) is 0 Å². The molecule has 0 bridgehead atoms. The van der Waals surface area contributed by atoms with Crippen molar-refractivity contribution in [1.82, 2.24) is 0 Å². The average molecular weight is 234 g/mol. The molecule has 0 N–H and O–H groups in total. The second kappa shape index (κ2) is 5.01. The molecule has 0 saturated carbocycles. The van der Waals surface area contributed by atoms with Gasteiger partial charge in [-0.25, -0.2) is 0 Å². The van der Waals surface area contributed by atoms with Gasteiger partial charge in [-0.1, -0.05) is 42.5 Å². The Labute approximate surface area is 129 Å². The summed E-state index contributed by atoms with van der Waals surface area (Å²) in [6.07, 6.45) is 0. The summed E-state index contributed by atoms with van der Waals surface area (Å²) in [5, 5.41) is 0. The fourth-order valence-corrected chi connectivity index (χ4v) is 1.43. The van der Waals surface area contributed by atoms with Crippen LogP contribution in [0.4, 0.5) is 12.9 Å². The third-order valence-electron chi connectivity index (χ3n) is 2.13. The van der Waals surface area contributed by atoms with Crippen LogP contribution in [0.25, 0.3) is 11.1 Å². The largest absolute Gasteiger partial charge is 1.00 e. The maximum Gasteiger partial charge on any atom is 1.00 e. The summed E-state index contributed by atoms with van der Waals surface area (Å²) in [7, 11) is 0. The molecule has 0 saturated heterocycles. The molecule has 5 heteroatoms. The number of rotatable bonds is 1. The van der Waals surface area contributed by atoms with Gasteiger partial charge in [0.1, 0.15) is 0 Å². The minimum absolute atomic E-state index is 0. The van der Waals surface area contributed by atoms with Crippen LogP contribution in [0.15, 0.2) is 42.5 Å². The molecule has 0 aliphatic heterocycles. The van der Waals surface area contributed by atoms with Gasteiger partial charge in [0.05, 0.1) is 0 Å². The SMILES string of the molecule is F[B-](F)(F)c1cc2cccccc-2c1.[K+]. The Kier molecular flexibility index (Phi) is 4.43. The fraction of sp³-hybridized carbons (Fsp3) is 0. The minimum Gasteiger partial charge on any atom is -0.445 e. The Morgan fingerprint density at radius 3 is 1.67 bits per heavy atom. The van der Waals surface area contributed by atoms with Gasteiger partial charge in [0, 0.05) is 0 Å². The molecular formula is C10H7BF3K. The van der Waals surface area contributed by atoms with Crippen molar-refractivity contribution in [2.45, 2.75) is 0 Å². The minimum atomic E-state index is -4.88. The summed E-state index contributed by atoms with van der Waals surface area (Å²) in [6, 6.07) is 11.0. The van der Waals surface area contributed by atoms with Crippen molar-refractivity contribution in [3.63, 3.8) is 0 Å². The Bertz CT molecular complexity index is 397. The topological polar surface area (TPSA) is 0 Å². The monoisotopic (exact) mass is 234 g/mol. The average Bonchev–Trinajstić information content (AvgIpc) is 2.38. The summed E-state index contributed by atoms with van der Waals surface area (Å²) in [5.74, 6) is 0. The van der Waals surface area contributed by atoms with Crippen molar-refractivity contribution in [3.05, 3.63) is 42.5 Å². The van der Waals surface area contributed by atoms with Gasteiger partial charge in [0.2, 0.25) is 0 Å². The van der Waals surface area contributed by atoms with E-state index in [1.54, 1.807) is 30.3 Å². The summed E-state index contributed by atoms with van der Waals surface area (Å²) in [6.45, 7) is -4.88. The van der Waals surface area contributed by atoms with Crippen molar-refractivity contribution in [2.75, 3.05) is 0 Å². The standard InChI is InChI=1S/C10H7BF3.K/c12-11(13,14)10-6-8-4-2-1-3-5-9(8)7-10;/h1-7H;/q-1;+1. The van der Waals surface area contributed by atoms with E-state index in [0.717, 1.165) is 0 Å². The molecule has 72 valence electrons. The van der Waals surface area contributed by atoms with E-state index >= 15 is 0 Å². The van der Waals surface area contributed by atoms with Crippen LogP contribution >= 0.6 is 0 Å². The van der Waals surface area contributed by atoms with E-state index in [2.05, 4.69) is 0 Å². The van der Waals surface area contributed by atoms with Crippen molar-refractivity contribution in [3.8, 4) is 11.1 Å². The maximum atomic E-state index is 12.4. The van der Waals surface area contributed by atoms with Crippen LogP contribution in [0.2, 0.25) is 0 Å². The van der Waals surface area contributed by atoms with Crippen LogP contribution in [0.1, 0.15) is 0 Å². The van der Waals surface area contributed by atoms with Crippen LogP contribution in [0.3, 0.4) is 0 Å². The molecular weight excluding hydrogens is 227 g/mol. The third-order valence-corrected chi connectivity index (χ3v) is 2.13. The second-order valence-corrected chi connectivity index (χ2v) is 3.18. The van der Waals surface area contributed by atoms with Gasteiger partial charge in [-0.3, -0.25) is 0 Å². The van der Waals surface area contributed by atoms with Gasteiger partial charge in [0.25, 0.3) is 0 Å². The Hall–Kier alpha value is 0.191. The summed E-state index contributed by atoms with van der Waals surface area (Å²) >= 11 is 0. The predicted octanol–water partition coefficient (Wildman–Crippen LogP) is -0.150. The van der Waals surface area contributed by atoms with Crippen LogP contribution < -0.4 is 56.8 Å². The van der Waals surface area contributed by atoms with Gasteiger partial charge < -0.3 is 12.9 Å².